The molecule has 114 valence electrons. The molecule has 1 amide bonds. The van der Waals surface area contributed by atoms with Gasteiger partial charge in [0, 0.05) is 18.6 Å². The molecule has 20 heavy (non-hydrogen) atoms. The van der Waals surface area contributed by atoms with Gasteiger partial charge >= 0.3 is 0 Å². The van der Waals surface area contributed by atoms with Crippen LogP contribution in [0.4, 0.5) is 0 Å². The highest BCUT2D eigenvalue weighted by molar-refractivity contribution is 5.77. The number of likely N-dealkylation sites (N-methyl/N-ethyl adjacent to an activating group) is 1. The van der Waals surface area contributed by atoms with Crippen LogP contribution in [0.25, 0.3) is 0 Å². The van der Waals surface area contributed by atoms with Gasteiger partial charge in [0.15, 0.2) is 0 Å². The molecule has 2 N–H and O–H groups in total. The SMILES string of the molecule is CC1CCCC(CNCC(=O)NCCC#N)(N(C)C)C1. The van der Waals surface area contributed by atoms with Crippen molar-refractivity contribution in [3.8, 4) is 6.07 Å². The summed E-state index contributed by atoms with van der Waals surface area (Å²) < 4.78 is 0. The molecule has 5 nitrogen and oxygen atoms in total. The Labute approximate surface area is 122 Å². The zero-order chi connectivity index (χ0) is 15.0. The molecular weight excluding hydrogens is 252 g/mol. The van der Waals surface area contributed by atoms with Gasteiger partial charge in [0.25, 0.3) is 0 Å². The van der Waals surface area contributed by atoms with Crippen molar-refractivity contribution in [1.82, 2.24) is 15.5 Å². The van der Waals surface area contributed by atoms with Gasteiger partial charge in [-0.05, 0) is 32.9 Å². The summed E-state index contributed by atoms with van der Waals surface area (Å²) in [6.45, 7) is 3.92. The summed E-state index contributed by atoms with van der Waals surface area (Å²) in [6.07, 6.45) is 5.31. The Bertz CT molecular complexity index is 350. The van der Waals surface area contributed by atoms with Crippen LogP contribution in [-0.2, 0) is 4.79 Å². The predicted molar refractivity (Wildman–Crippen MR) is 80.2 cm³/mol. The van der Waals surface area contributed by atoms with Gasteiger partial charge in [-0.1, -0.05) is 19.8 Å². The number of amides is 1. The second-order valence-electron chi connectivity index (χ2n) is 6.18. The third-order valence-electron chi connectivity index (χ3n) is 4.31. The fourth-order valence-corrected chi connectivity index (χ4v) is 3.09. The third-order valence-corrected chi connectivity index (χ3v) is 4.31. The maximum absolute atomic E-state index is 11.6. The number of carbonyl (C=O) groups excluding carboxylic acids is 1. The highest BCUT2D eigenvalue weighted by Gasteiger charge is 2.36. The van der Waals surface area contributed by atoms with Gasteiger partial charge in [-0.15, -0.1) is 0 Å². The van der Waals surface area contributed by atoms with Gasteiger partial charge in [0.05, 0.1) is 19.0 Å². The zero-order valence-corrected chi connectivity index (χ0v) is 13.0. The quantitative estimate of drug-likeness (QED) is 0.686. The van der Waals surface area contributed by atoms with E-state index >= 15 is 0 Å². The topological polar surface area (TPSA) is 68.2 Å². The Morgan fingerprint density at radius 3 is 2.85 bits per heavy atom. The Kier molecular flexibility index (Phi) is 6.97. The molecule has 1 saturated carbocycles. The average molecular weight is 280 g/mol. The van der Waals surface area contributed by atoms with E-state index in [0.717, 1.165) is 12.5 Å². The fourth-order valence-electron chi connectivity index (χ4n) is 3.09. The second kappa shape index (κ2) is 8.23. The van der Waals surface area contributed by atoms with E-state index in [0.29, 0.717) is 19.5 Å². The summed E-state index contributed by atoms with van der Waals surface area (Å²) in [5, 5.41) is 14.4. The lowest BCUT2D eigenvalue weighted by atomic mass is 9.75. The number of hydrogen-bond acceptors (Lipinski definition) is 4. The second-order valence-corrected chi connectivity index (χ2v) is 6.18. The highest BCUT2D eigenvalue weighted by Crippen LogP contribution is 2.35. The Morgan fingerprint density at radius 2 is 2.25 bits per heavy atom. The molecule has 0 heterocycles. The largest absolute Gasteiger partial charge is 0.354 e. The number of carbonyl (C=O) groups is 1. The first-order valence-electron chi connectivity index (χ1n) is 7.52. The van der Waals surface area contributed by atoms with E-state index in [9.17, 15) is 4.79 Å². The van der Waals surface area contributed by atoms with Crippen molar-refractivity contribution in [2.45, 2.75) is 44.6 Å². The lowest BCUT2D eigenvalue weighted by Gasteiger charge is -2.45. The molecule has 0 bridgehead atoms. The van der Waals surface area contributed by atoms with Crippen molar-refractivity contribution in [2.24, 2.45) is 5.92 Å². The van der Waals surface area contributed by atoms with Crippen LogP contribution >= 0.6 is 0 Å². The minimum Gasteiger partial charge on any atom is -0.354 e. The lowest BCUT2D eigenvalue weighted by molar-refractivity contribution is -0.120. The van der Waals surface area contributed by atoms with Gasteiger partial charge in [-0.25, -0.2) is 0 Å². The maximum atomic E-state index is 11.6. The molecule has 1 rings (SSSR count). The molecule has 1 fully saturated rings. The molecule has 0 saturated heterocycles. The van der Waals surface area contributed by atoms with E-state index in [1.165, 1.54) is 25.7 Å². The van der Waals surface area contributed by atoms with Crippen molar-refractivity contribution in [3.63, 3.8) is 0 Å². The Hall–Kier alpha value is -1.12. The van der Waals surface area contributed by atoms with Crippen molar-refractivity contribution < 1.29 is 4.79 Å². The van der Waals surface area contributed by atoms with Crippen LogP contribution in [0.3, 0.4) is 0 Å². The molecule has 0 spiro atoms. The van der Waals surface area contributed by atoms with E-state index < -0.39 is 0 Å². The smallest absolute Gasteiger partial charge is 0.233 e. The molecule has 1 aliphatic carbocycles. The molecule has 1 aliphatic rings. The van der Waals surface area contributed by atoms with Crippen LogP contribution in [0, 0.1) is 17.2 Å². The summed E-state index contributed by atoms with van der Waals surface area (Å²) in [5.41, 5.74) is 0.171. The maximum Gasteiger partial charge on any atom is 0.233 e. The number of hydrogen-bond donors (Lipinski definition) is 2. The molecule has 0 aromatic carbocycles. The van der Waals surface area contributed by atoms with E-state index in [1.54, 1.807) is 0 Å². The number of rotatable bonds is 7. The molecule has 0 aliphatic heterocycles. The van der Waals surface area contributed by atoms with Gasteiger partial charge in [0.1, 0.15) is 0 Å². The fraction of sp³-hybridized carbons (Fsp3) is 0.867. The Balaban J connectivity index is 2.37. The van der Waals surface area contributed by atoms with Gasteiger partial charge in [-0.3, -0.25) is 4.79 Å². The standard InChI is InChI=1S/C15H28N4O/c1-13-6-4-7-15(10-13,19(2)3)12-17-11-14(20)18-9-5-8-16/h13,17H,4-7,9-12H2,1-3H3,(H,18,20). The van der Waals surface area contributed by atoms with Crippen LogP contribution in [0.1, 0.15) is 39.0 Å². The Morgan fingerprint density at radius 1 is 1.50 bits per heavy atom. The first kappa shape index (κ1) is 16.9. The molecule has 2 atom stereocenters. The average Bonchev–Trinajstić information content (AvgIpc) is 2.39. The van der Waals surface area contributed by atoms with E-state index in [-0.39, 0.29) is 11.4 Å². The summed E-state index contributed by atoms with van der Waals surface area (Å²) in [4.78, 5) is 13.9. The van der Waals surface area contributed by atoms with Crippen LogP contribution in [0.15, 0.2) is 0 Å². The monoisotopic (exact) mass is 280 g/mol. The summed E-state index contributed by atoms with van der Waals surface area (Å²) in [5.74, 6) is 0.718. The van der Waals surface area contributed by atoms with Crippen LogP contribution in [-0.4, -0.2) is 50.1 Å². The molecule has 5 heteroatoms. The van der Waals surface area contributed by atoms with Gasteiger partial charge in [0.2, 0.25) is 5.91 Å². The molecule has 0 aromatic heterocycles. The van der Waals surface area contributed by atoms with Crippen molar-refractivity contribution in [2.75, 3.05) is 33.7 Å². The van der Waals surface area contributed by atoms with Crippen LogP contribution < -0.4 is 10.6 Å². The normalized spacial score (nSPS) is 26.2. The van der Waals surface area contributed by atoms with Gasteiger partial charge < -0.3 is 15.5 Å². The highest BCUT2D eigenvalue weighted by atomic mass is 16.1. The third kappa shape index (κ3) is 5.10. The van der Waals surface area contributed by atoms with Crippen molar-refractivity contribution >= 4 is 5.91 Å². The number of nitrogens with zero attached hydrogens (tertiary/aromatic N) is 2. The minimum absolute atomic E-state index is 0.0296. The number of nitriles is 1. The minimum atomic E-state index is -0.0296. The first-order chi connectivity index (χ1) is 9.50. The van der Waals surface area contributed by atoms with E-state index in [1.807, 2.05) is 6.07 Å². The first-order valence-corrected chi connectivity index (χ1v) is 7.52. The zero-order valence-electron chi connectivity index (χ0n) is 13.0. The summed E-state index contributed by atoms with van der Waals surface area (Å²) in [7, 11) is 4.26. The lowest BCUT2D eigenvalue weighted by Crippen LogP contribution is -2.55. The summed E-state index contributed by atoms with van der Waals surface area (Å²) in [6, 6.07) is 2.01. The molecule has 0 radical (unpaired) electrons. The molecule has 0 aromatic rings. The molecular formula is C15H28N4O. The summed E-state index contributed by atoms with van der Waals surface area (Å²) >= 11 is 0. The van der Waals surface area contributed by atoms with E-state index in [2.05, 4.69) is 36.6 Å². The van der Waals surface area contributed by atoms with Crippen molar-refractivity contribution in [3.05, 3.63) is 0 Å². The number of nitrogens with one attached hydrogen (secondary N) is 2. The van der Waals surface area contributed by atoms with Crippen LogP contribution in [0.2, 0.25) is 0 Å². The van der Waals surface area contributed by atoms with Gasteiger partial charge in [-0.2, -0.15) is 5.26 Å². The molecule has 2 unspecified atom stereocenters. The predicted octanol–water partition coefficient (Wildman–Crippen LogP) is 1.12. The van der Waals surface area contributed by atoms with E-state index in [4.69, 9.17) is 5.26 Å². The van der Waals surface area contributed by atoms with Crippen molar-refractivity contribution in [1.29, 1.82) is 5.26 Å². The van der Waals surface area contributed by atoms with Crippen LogP contribution in [0.5, 0.6) is 0 Å².